The summed E-state index contributed by atoms with van der Waals surface area (Å²) in [7, 11) is 5.88. The van der Waals surface area contributed by atoms with Crippen LogP contribution < -0.4 is 29.6 Å². The van der Waals surface area contributed by atoms with E-state index in [4.69, 9.17) is 39.8 Å². The Morgan fingerprint density at radius 3 is 1.20 bits per heavy atom. The van der Waals surface area contributed by atoms with Crippen molar-refractivity contribution in [2.45, 2.75) is 13.8 Å². The van der Waals surface area contributed by atoms with Gasteiger partial charge in [0.2, 0.25) is 0 Å². The van der Waals surface area contributed by atoms with Crippen LogP contribution in [0.3, 0.4) is 0 Å². The monoisotopic (exact) mass is 620 g/mol. The van der Waals surface area contributed by atoms with Gasteiger partial charge in [-0.25, -0.2) is 0 Å². The van der Waals surface area contributed by atoms with Crippen LogP contribution in [0.5, 0.6) is 23.0 Å². The van der Waals surface area contributed by atoms with Gasteiger partial charge >= 0.3 is 0 Å². The fourth-order valence-electron chi connectivity index (χ4n) is 2.83. The minimum Gasteiger partial charge on any atom is -0.497 e. The molecule has 41 heavy (non-hydrogen) atoms. The molecule has 2 rings (SSSR count). The molecule has 0 aliphatic carbocycles. The van der Waals surface area contributed by atoms with Crippen LogP contribution in [0.1, 0.15) is 13.8 Å². The van der Waals surface area contributed by atoms with Crippen molar-refractivity contribution in [2.75, 3.05) is 39.1 Å². The third kappa shape index (κ3) is 10.2. The van der Waals surface area contributed by atoms with Gasteiger partial charge in [-0.3, -0.25) is 9.59 Å². The normalized spacial score (nSPS) is 11.7. The van der Waals surface area contributed by atoms with Crippen LogP contribution in [0.2, 0.25) is 0 Å². The fraction of sp³-hybridized carbons (Fsp3) is 0.250. The first-order chi connectivity index (χ1) is 19.1. The molecule has 16 nitrogen and oxygen atoms in total. The predicted molar refractivity (Wildman–Crippen MR) is 145 cm³/mol. The quantitative estimate of drug-likeness (QED) is 0.0984. The SMILES string of the molecule is COc1ccc(NC(=O)C(=N/O)/C(C)=N/O)c(OC)c1.COc1ccc(NC(=O)C(=N/O)/C(C)=N/O)c(OC)c1.[Ni]. The van der Waals surface area contributed by atoms with E-state index in [1.54, 1.807) is 36.4 Å². The average Bonchev–Trinajstić information content (AvgIpc) is 2.98. The number of amides is 2. The number of carbonyl (C=O) groups is 2. The average molecular weight is 621 g/mol. The molecule has 0 fully saturated rings. The molecule has 0 aromatic heterocycles. The first-order valence-electron chi connectivity index (χ1n) is 11.0. The Bertz CT molecular complexity index is 1210. The van der Waals surface area contributed by atoms with Crippen LogP contribution in [-0.4, -0.2) is 83.9 Å². The van der Waals surface area contributed by atoms with Gasteiger partial charge in [-0.2, -0.15) is 0 Å². The van der Waals surface area contributed by atoms with E-state index >= 15 is 0 Å². The summed E-state index contributed by atoms with van der Waals surface area (Å²) >= 11 is 0. The van der Waals surface area contributed by atoms with E-state index in [1.807, 2.05) is 0 Å². The predicted octanol–water partition coefficient (Wildman–Crippen LogP) is 2.64. The Hall–Kier alpha value is -5.05. The second kappa shape index (κ2) is 18.3. The molecule has 17 heteroatoms. The molecule has 0 bridgehead atoms. The maximum Gasteiger partial charge on any atom is 0.279 e. The molecule has 2 aromatic rings. The van der Waals surface area contributed by atoms with E-state index in [1.165, 1.54) is 42.3 Å². The van der Waals surface area contributed by atoms with Gasteiger partial charge in [0, 0.05) is 28.6 Å². The van der Waals surface area contributed by atoms with Crippen molar-refractivity contribution < 1.29 is 65.9 Å². The Kier molecular flexibility index (Phi) is 16.0. The van der Waals surface area contributed by atoms with Crippen molar-refractivity contribution in [3.05, 3.63) is 36.4 Å². The number of methoxy groups -OCH3 is 4. The standard InChI is InChI=1S/2C12H15N3O5.Ni/c2*1-7(14-17)11(15-18)12(16)13-9-5-4-8(19-2)6-10(9)20-3;/h2*4-6,17-18H,1-3H3,(H,13,16);/b2*14-7+,15-11+;. The van der Waals surface area contributed by atoms with Crippen LogP contribution in [0.15, 0.2) is 57.0 Å². The number of nitrogens with one attached hydrogen (secondary N) is 2. The third-order valence-electron chi connectivity index (χ3n) is 4.93. The van der Waals surface area contributed by atoms with Gasteiger partial charge in [0.05, 0.1) is 39.8 Å². The van der Waals surface area contributed by atoms with E-state index in [9.17, 15) is 9.59 Å². The molecule has 0 heterocycles. The van der Waals surface area contributed by atoms with Gasteiger partial charge in [-0.05, 0) is 38.1 Å². The first-order valence-corrected chi connectivity index (χ1v) is 11.0. The molecule has 226 valence electrons. The van der Waals surface area contributed by atoms with Gasteiger partial charge in [0.15, 0.2) is 11.4 Å². The molecule has 2 amide bonds. The van der Waals surface area contributed by atoms with Crippen LogP contribution >= 0.6 is 0 Å². The van der Waals surface area contributed by atoms with Crippen LogP contribution in [-0.2, 0) is 26.1 Å². The molecule has 0 aliphatic rings. The van der Waals surface area contributed by atoms with Gasteiger partial charge in [-0.1, -0.05) is 20.6 Å². The van der Waals surface area contributed by atoms with Crippen molar-refractivity contribution in [1.29, 1.82) is 0 Å². The Morgan fingerprint density at radius 1 is 0.610 bits per heavy atom. The number of hydrogen-bond acceptors (Lipinski definition) is 14. The van der Waals surface area contributed by atoms with E-state index in [-0.39, 0.29) is 27.9 Å². The van der Waals surface area contributed by atoms with Gasteiger partial charge in [-0.15, -0.1) is 0 Å². The Labute approximate surface area is 244 Å². The summed E-state index contributed by atoms with van der Waals surface area (Å²) in [5.74, 6) is 0.368. The molecule has 0 spiro atoms. The Balaban J connectivity index is 0.000000762. The van der Waals surface area contributed by atoms with E-state index in [2.05, 4.69) is 31.3 Å². The van der Waals surface area contributed by atoms with Crippen molar-refractivity contribution in [2.24, 2.45) is 20.6 Å². The summed E-state index contributed by atoms with van der Waals surface area (Å²) in [5, 5.41) is 50.9. The number of anilines is 2. The topological polar surface area (TPSA) is 225 Å². The molecule has 0 atom stereocenters. The molecule has 0 aliphatic heterocycles. The first kappa shape index (κ1) is 36.0. The third-order valence-corrected chi connectivity index (χ3v) is 4.93. The molecule has 0 saturated heterocycles. The van der Waals surface area contributed by atoms with Gasteiger partial charge < -0.3 is 50.4 Å². The summed E-state index contributed by atoms with van der Waals surface area (Å²) in [5.41, 5.74) is -0.374. The second-order valence-electron chi connectivity index (χ2n) is 7.31. The number of carbonyl (C=O) groups excluding carboxylic acids is 2. The minimum absolute atomic E-state index is 0. The van der Waals surface area contributed by atoms with Crippen LogP contribution in [0.4, 0.5) is 11.4 Å². The van der Waals surface area contributed by atoms with Crippen molar-refractivity contribution >= 4 is 46.0 Å². The summed E-state index contributed by atoms with van der Waals surface area (Å²) in [6.07, 6.45) is 0. The smallest absolute Gasteiger partial charge is 0.279 e. The minimum atomic E-state index is -0.744. The second-order valence-corrected chi connectivity index (χ2v) is 7.31. The number of ether oxygens (including phenoxy) is 4. The maximum absolute atomic E-state index is 11.9. The number of benzene rings is 2. The molecule has 0 radical (unpaired) electrons. The fourth-order valence-corrected chi connectivity index (χ4v) is 2.83. The number of hydrogen-bond donors (Lipinski definition) is 6. The summed E-state index contributed by atoms with van der Waals surface area (Å²) in [6, 6.07) is 9.55. The Morgan fingerprint density at radius 2 is 0.951 bits per heavy atom. The molecular weight excluding hydrogens is 591 g/mol. The summed E-state index contributed by atoms with van der Waals surface area (Å²) in [4.78, 5) is 23.8. The number of nitrogens with zero attached hydrogens (tertiary/aromatic N) is 4. The largest absolute Gasteiger partial charge is 0.497 e. The van der Waals surface area contributed by atoms with E-state index in [0.29, 0.717) is 34.4 Å². The van der Waals surface area contributed by atoms with Crippen molar-refractivity contribution in [3.8, 4) is 23.0 Å². The maximum atomic E-state index is 11.9. The summed E-state index contributed by atoms with van der Waals surface area (Å²) in [6.45, 7) is 2.64. The molecule has 2 aromatic carbocycles. The molecule has 0 unspecified atom stereocenters. The molecule has 6 N–H and O–H groups in total. The number of oxime groups is 4. The summed E-state index contributed by atoms with van der Waals surface area (Å²) < 4.78 is 20.3. The van der Waals surface area contributed by atoms with E-state index in [0.717, 1.165) is 0 Å². The molecular formula is C24H30N6NiO10. The van der Waals surface area contributed by atoms with Crippen molar-refractivity contribution in [1.82, 2.24) is 0 Å². The molecule has 0 saturated carbocycles. The van der Waals surface area contributed by atoms with Gasteiger partial charge in [0.1, 0.15) is 34.4 Å². The zero-order chi connectivity index (χ0) is 30.2. The zero-order valence-corrected chi connectivity index (χ0v) is 23.8. The van der Waals surface area contributed by atoms with Crippen molar-refractivity contribution in [3.63, 3.8) is 0 Å². The zero-order valence-electron chi connectivity index (χ0n) is 22.8. The van der Waals surface area contributed by atoms with Crippen LogP contribution in [0.25, 0.3) is 0 Å². The number of rotatable bonds is 10. The van der Waals surface area contributed by atoms with Gasteiger partial charge in [0.25, 0.3) is 11.8 Å². The van der Waals surface area contributed by atoms with E-state index < -0.39 is 23.2 Å². The van der Waals surface area contributed by atoms with Crippen LogP contribution in [0, 0.1) is 0 Å².